The van der Waals surface area contributed by atoms with Gasteiger partial charge in [-0.1, -0.05) is 49.7 Å². The van der Waals surface area contributed by atoms with Crippen LogP contribution < -0.4 is 9.62 Å². The Morgan fingerprint density at radius 2 is 1.64 bits per heavy atom. The second-order valence-electron chi connectivity index (χ2n) is 8.64. The maximum absolute atomic E-state index is 14.7. The molecule has 0 saturated heterocycles. The highest BCUT2D eigenvalue weighted by Gasteiger charge is 2.34. The summed E-state index contributed by atoms with van der Waals surface area (Å²) < 4.78 is 42.5. The molecule has 0 aliphatic heterocycles. The number of para-hydroxylation sites is 1. The van der Waals surface area contributed by atoms with Crippen molar-refractivity contribution in [2.24, 2.45) is 0 Å². The zero-order valence-electron chi connectivity index (χ0n) is 21.2. The van der Waals surface area contributed by atoms with E-state index in [2.05, 4.69) is 5.32 Å². The molecule has 2 aromatic carbocycles. The molecule has 0 aliphatic rings. The Balaban J connectivity index is 2.51. The molecule has 8 nitrogen and oxygen atoms in total. The molecule has 2 amide bonds. The molecule has 1 N–H and O–H groups in total. The van der Waals surface area contributed by atoms with E-state index in [0.29, 0.717) is 23.4 Å². The van der Waals surface area contributed by atoms with E-state index in [1.54, 1.807) is 31.2 Å². The van der Waals surface area contributed by atoms with Crippen molar-refractivity contribution in [2.75, 3.05) is 24.9 Å². The topological polar surface area (TPSA) is 90.0 Å². The van der Waals surface area contributed by atoms with Crippen molar-refractivity contribution in [1.82, 2.24) is 14.5 Å². The second kappa shape index (κ2) is 13.0. The van der Waals surface area contributed by atoms with Gasteiger partial charge in [0.25, 0.3) is 0 Å². The normalized spacial score (nSPS) is 13.2. The first-order chi connectivity index (χ1) is 16.9. The van der Waals surface area contributed by atoms with Crippen molar-refractivity contribution >= 4 is 39.3 Å². The Kier molecular flexibility index (Phi) is 10.7. The minimum Gasteiger partial charge on any atom is -0.352 e. The summed E-state index contributed by atoms with van der Waals surface area (Å²) in [6, 6.07) is 11.2. The first-order valence-corrected chi connectivity index (χ1v) is 13.5. The number of halogens is 2. The van der Waals surface area contributed by atoms with Crippen molar-refractivity contribution in [2.45, 2.75) is 52.2 Å². The van der Waals surface area contributed by atoms with Gasteiger partial charge in [-0.2, -0.15) is 12.7 Å². The van der Waals surface area contributed by atoms with Crippen LogP contribution in [0.2, 0.25) is 5.02 Å². The van der Waals surface area contributed by atoms with Gasteiger partial charge in [-0.05, 0) is 49.6 Å². The smallest absolute Gasteiger partial charge is 0.304 e. The Bertz CT molecular complexity index is 1150. The molecule has 0 aromatic heterocycles. The zero-order chi connectivity index (χ0) is 27.0. The van der Waals surface area contributed by atoms with Gasteiger partial charge in [0.1, 0.15) is 18.4 Å². The molecule has 36 heavy (non-hydrogen) atoms. The summed E-state index contributed by atoms with van der Waals surface area (Å²) in [5.74, 6) is -1.78. The minimum absolute atomic E-state index is 0.0373. The van der Waals surface area contributed by atoms with Gasteiger partial charge in [0.05, 0.1) is 5.69 Å². The van der Waals surface area contributed by atoms with Crippen LogP contribution in [0.5, 0.6) is 0 Å². The first kappa shape index (κ1) is 29.5. The van der Waals surface area contributed by atoms with Crippen LogP contribution in [0, 0.1) is 5.82 Å². The number of nitrogens with zero attached hydrogens (tertiary/aromatic N) is 3. The lowest BCUT2D eigenvalue weighted by atomic mass is 10.1. The van der Waals surface area contributed by atoms with Crippen LogP contribution in [0.4, 0.5) is 10.1 Å². The summed E-state index contributed by atoms with van der Waals surface area (Å²) >= 11 is 6.00. The molecule has 0 aliphatic carbocycles. The lowest BCUT2D eigenvalue weighted by Gasteiger charge is -2.34. The predicted octanol–water partition coefficient (Wildman–Crippen LogP) is 3.81. The van der Waals surface area contributed by atoms with Crippen LogP contribution in [-0.2, 0) is 26.3 Å². The summed E-state index contributed by atoms with van der Waals surface area (Å²) in [5, 5.41) is 3.41. The van der Waals surface area contributed by atoms with Crippen LogP contribution >= 0.6 is 11.6 Å². The molecule has 0 spiro atoms. The summed E-state index contributed by atoms with van der Waals surface area (Å²) in [7, 11) is -1.64. The molecular formula is C25H34ClFN4O4S. The lowest BCUT2D eigenvalue weighted by molar-refractivity contribution is -0.140. The van der Waals surface area contributed by atoms with Gasteiger partial charge < -0.3 is 10.2 Å². The Hall–Kier alpha value is -2.69. The highest BCUT2D eigenvalue weighted by Crippen LogP contribution is 2.24. The molecule has 0 heterocycles. The molecule has 0 unspecified atom stereocenters. The number of benzene rings is 2. The molecule has 0 bridgehead atoms. The van der Waals surface area contributed by atoms with Gasteiger partial charge in [0, 0.05) is 31.7 Å². The van der Waals surface area contributed by atoms with Gasteiger partial charge in [-0.25, -0.2) is 8.70 Å². The number of hydrogen-bond donors (Lipinski definition) is 1. The number of hydrogen-bond acceptors (Lipinski definition) is 4. The third kappa shape index (κ3) is 7.41. The maximum atomic E-state index is 14.7. The van der Waals surface area contributed by atoms with Crippen molar-refractivity contribution in [1.29, 1.82) is 0 Å². The molecule has 0 saturated carbocycles. The van der Waals surface area contributed by atoms with Gasteiger partial charge >= 0.3 is 10.2 Å². The lowest BCUT2D eigenvalue weighted by Crippen LogP contribution is -2.54. The van der Waals surface area contributed by atoms with Crippen molar-refractivity contribution in [3.05, 3.63) is 64.9 Å². The third-order valence-electron chi connectivity index (χ3n) is 5.79. The SMILES string of the molecule is CC[C@@H](C)NC(=O)[C@@H](CC)N(Cc1ccc(Cl)cc1)C(=O)CN(c1ccccc1F)S(=O)(=O)N(C)C. The van der Waals surface area contributed by atoms with E-state index in [0.717, 1.165) is 14.7 Å². The fourth-order valence-electron chi connectivity index (χ4n) is 3.50. The van der Waals surface area contributed by atoms with Crippen molar-refractivity contribution in [3.63, 3.8) is 0 Å². The van der Waals surface area contributed by atoms with E-state index in [-0.39, 0.29) is 24.2 Å². The fraction of sp³-hybridized carbons (Fsp3) is 0.440. The summed E-state index contributed by atoms with van der Waals surface area (Å²) in [6.07, 6.45) is 0.997. The van der Waals surface area contributed by atoms with Crippen LogP contribution in [0.25, 0.3) is 0 Å². The van der Waals surface area contributed by atoms with E-state index in [9.17, 15) is 22.4 Å². The van der Waals surface area contributed by atoms with E-state index in [4.69, 9.17) is 11.6 Å². The Morgan fingerprint density at radius 1 is 1.03 bits per heavy atom. The maximum Gasteiger partial charge on any atom is 0.304 e. The van der Waals surface area contributed by atoms with Crippen LogP contribution in [-0.4, -0.2) is 62.2 Å². The monoisotopic (exact) mass is 540 g/mol. The largest absolute Gasteiger partial charge is 0.352 e. The number of nitrogens with one attached hydrogen (secondary N) is 1. The fourth-order valence-corrected chi connectivity index (χ4v) is 4.69. The second-order valence-corrected chi connectivity index (χ2v) is 11.1. The molecule has 2 aromatic rings. The van der Waals surface area contributed by atoms with Gasteiger partial charge in [0.15, 0.2) is 0 Å². The highest BCUT2D eigenvalue weighted by atomic mass is 35.5. The van der Waals surface area contributed by atoms with E-state index < -0.39 is 34.5 Å². The van der Waals surface area contributed by atoms with Crippen molar-refractivity contribution < 1.29 is 22.4 Å². The van der Waals surface area contributed by atoms with E-state index >= 15 is 0 Å². The molecule has 198 valence electrons. The number of anilines is 1. The highest BCUT2D eigenvalue weighted by molar-refractivity contribution is 7.90. The van der Waals surface area contributed by atoms with Gasteiger partial charge in [-0.15, -0.1) is 0 Å². The minimum atomic E-state index is -4.24. The third-order valence-corrected chi connectivity index (χ3v) is 7.85. The van der Waals surface area contributed by atoms with Crippen molar-refractivity contribution in [3.8, 4) is 0 Å². The first-order valence-electron chi connectivity index (χ1n) is 11.7. The zero-order valence-corrected chi connectivity index (χ0v) is 22.8. The quantitative estimate of drug-likeness (QED) is 0.443. The Morgan fingerprint density at radius 3 is 2.17 bits per heavy atom. The molecule has 2 atom stereocenters. The molecule has 0 fully saturated rings. The average molecular weight is 541 g/mol. The Labute approximate surface area is 218 Å². The molecule has 2 rings (SSSR count). The summed E-state index contributed by atoms with van der Waals surface area (Å²) in [5.41, 5.74) is 0.443. The number of carbonyl (C=O) groups excluding carboxylic acids is 2. The standard InChI is InChI=1S/C25H34ClFN4O4S/c1-6-18(3)28-25(33)22(7-2)30(16-19-12-14-20(26)15-13-19)24(32)17-31(36(34,35)29(4)5)23-11-9-8-10-21(23)27/h8-15,18,22H,6-7,16-17H2,1-5H3,(H,28,33)/t18-,22-/m1/s1. The molecular weight excluding hydrogens is 507 g/mol. The predicted molar refractivity (Wildman–Crippen MR) is 140 cm³/mol. The number of amides is 2. The van der Waals surface area contributed by atoms with E-state index in [1.165, 1.54) is 37.2 Å². The van der Waals surface area contributed by atoms with Crippen LogP contribution in [0.15, 0.2) is 48.5 Å². The summed E-state index contributed by atoms with van der Waals surface area (Å²) in [6.45, 7) is 4.91. The van der Waals surface area contributed by atoms with Gasteiger partial charge in [0.2, 0.25) is 11.8 Å². The summed E-state index contributed by atoms with van der Waals surface area (Å²) in [4.78, 5) is 28.2. The van der Waals surface area contributed by atoms with Gasteiger partial charge in [-0.3, -0.25) is 9.59 Å². The van der Waals surface area contributed by atoms with Crippen LogP contribution in [0.3, 0.4) is 0 Å². The van der Waals surface area contributed by atoms with Crippen LogP contribution in [0.1, 0.15) is 39.2 Å². The molecule has 11 heteroatoms. The number of carbonyl (C=O) groups is 2. The van der Waals surface area contributed by atoms with E-state index in [1.807, 2.05) is 13.8 Å². The average Bonchev–Trinajstić information content (AvgIpc) is 2.83. The molecule has 0 radical (unpaired) electrons. The number of rotatable bonds is 12.